The van der Waals surface area contributed by atoms with Crippen molar-refractivity contribution in [2.24, 2.45) is 0 Å². The molecule has 2 amide bonds. The van der Waals surface area contributed by atoms with Crippen molar-refractivity contribution in [1.29, 1.82) is 0 Å². The van der Waals surface area contributed by atoms with Crippen LogP contribution in [0.25, 0.3) is 0 Å². The van der Waals surface area contributed by atoms with Crippen LogP contribution in [-0.4, -0.2) is 28.4 Å². The number of benzene rings is 2. The van der Waals surface area contributed by atoms with Crippen LogP contribution >= 0.6 is 11.6 Å². The van der Waals surface area contributed by atoms with Crippen molar-refractivity contribution in [2.75, 3.05) is 11.9 Å². The Morgan fingerprint density at radius 3 is 2.50 bits per heavy atom. The summed E-state index contributed by atoms with van der Waals surface area (Å²) in [5.74, 6) is -0.351. The first-order valence-corrected chi connectivity index (χ1v) is 7.91. The Morgan fingerprint density at radius 2 is 1.88 bits per heavy atom. The number of halogens is 1. The van der Waals surface area contributed by atoms with Crippen molar-refractivity contribution >= 4 is 29.1 Å². The second-order valence-corrected chi connectivity index (χ2v) is 5.80. The minimum absolute atomic E-state index is 0.0414. The first kappa shape index (κ1) is 17.8. The summed E-state index contributed by atoms with van der Waals surface area (Å²) in [5, 5.41) is 12.2. The van der Waals surface area contributed by atoms with E-state index >= 15 is 0 Å². The molecule has 0 aliphatic carbocycles. The highest BCUT2D eigenvalue weighted by Crippen LogP contribution is 2.26. The molecule has 2 N–H and O–H groups in total. The fourth-order valence-corrected chi connectivity index (χ4v) is 2.38. The van der Waals surface area contributed by atoms with Gasteiger partial charge in [-0.1, -0.05) is 41.9 Å². The van der Waals surface area contributed by atoms with E-state index in [1.165, 1.54) is 19.1 Å². The van der Waals surface area contributed by atoms with E-state index in [-0.39, 0.29) is 29.0 Å². The first-order valence-electron chi connectivity index (χ1n) is 7.53. The smallest absolute Gasteiger partial charge is 0.226 e. The highest BCUT2D eigenvalue weighted by Gasteiger charge is 2.12. The zero-order valence-corrected chi connectivity index (χ0v) is 14.1. The molecule has 0 fully saturated rings. The third kappa shape index (κ3) is 5.28. The number of carbonyl (C=O) groups is 2. The van der Waals surface area contributed by atoms with Crippen LogP contribution in [-0.2, 0) is 16.1 Å². The maximum Gasteiger partial charge on any atom is 0.226 e. The van der Waals surface area contributed by atoms with Gasteiger partial charge < -0.3 is 15.3 Å². The molecule has 0 heterocycles. The summed E-state index contributed by atoms with van der Waals surface area (Å²) >= 11 is 5.80. The number of hydrogen-bond acceptors (Lipinski definition) is 3. The lowest BCUT2D eigenvalue weighted by Crippen LogP contribution is -2.31. The Hall–Kier alpha value is -2.53. The maximum absolute atomic E-state index is 12.0. The standard InChI is InChI=1S/C18H19ClN2O3/c1-13(22)21(12-14-5-3-2-4-6-14)10-9-18(24)20-15-7-8-17(23)16(19)11-15/h2-8,11,23H,9-10,12H2,1H3,(H,20,24). The predicted octanol–water partition coefficient (Wildman–Crippen LogP) is 3.42. The van der Waals surface area contributed by atoms with Gasteiger partial charge in [-0.15, -0.1) is 0 Å². The molecule has 2 aromatic rings. The molecule has 0 aliphatic rings. The molecule has 126 valence electrons. The number of phenolic OH excluding ortho intramolecular Hbond substituents is 1. The third-order valence-corrected chi connectivity index (χ3v) is 3.80. The zero-order valence-electron chi connectivity index (χ0n) is 13.3. The molecule has 5 nitrogen and oxygen atoms in total. The van der Waals surface area contributed by atoms with Crippen LogP contribution in [0.2, 0.25) is 5.02 Å². The summed E-state index contributed by atoms with van der Waals surface area (Å²) < 4.78 is 0. The van der Waals surface area contributed by atoms with Crippen molar-refractivity contribution in [3.63, 3.8) is 0 Å². The number of carbonyl (C=O) groups excluding carboxylic acids is 2. The van der Waals surface area contributed by atoms with Crippen molar-refractivity contribution in [3.8, 4) is 5.75 Å². The highest BCUT2D eigenvalue weighted by atomic mass is 35.5. The largest absolute Gasteiger partial charge is 0.506 e. The van der Waals surface area contributed by atoms with E-state index in [4.69, 9.17) is 11.6 Å². The van der Waals surface area contributed by atoms with Crippen molar-refractivity contribution < 1.29 is 14.7 Å². The van der Waals surface area contributed by atoms with Crippen LogP contribution in [0.15, 0.2) is 48.5 Å². The molecule has 0 aromatic heterocycles. The molecule has 0 bridgehead atoms. The number of phenols is 1. The van der Waals surface area contributed by atoms with Gasteiger partial charge in [-0.2, -0.15) is 0 Å². The average molecular weight is 347 g/mol. The quantitative estimate of drug-likeness (QED) is 0.787. The van der Waals surface area contributed by atoms with Gasteiger partial charge in [0.25, 0.3) is 0 Å². The van der Waals surface area contributed by atoms with E-state index in [2.05, 4.69) is 5.32 Å². The van der Waals surface area contributed by atoms with Gasteiger partial charge in [-0.3, -0.25) is 9.59 Å². The number of aromatic hydroxyl groups is 1. The van der Waals surface area contributed by atoms with Crippen LogP contribution in [0, 0.1) is 0 Å². The second kappa shape index (κ2) is 8.36. The summed E-state index contributed by atoms with van der Waals surface area (Å²) in [6, 6.07) is 14.1. The highest BCUT2D eigenvalue weighted by molar-refractivity contribution is 6.32. The van der Waals surface area contributed by atoms with E-state index < -0.39 is 0 Å². The third-order valence-electron chi connectivity index (χ3n) is 3.50. The lowest BCUT2D eigenvalue weighted by molar-refractivity contribution is -0.129. The lowest BCUT2D eigenvalue weighted by atomic mass is 10.2. The fraction of sp³-hybridized carbons (Fsp3) is 0.222. The minimum atomic E-state index is -0.226. The molecule has 0 spiro atoms. The van der Waals surface area contributed by atoms with Crippen molar-refractivity contribution in [2.45, 2.75) is 19.9 Å². The Kier molecular flexibility index (Phi) is 6.21. The second-order valence-electron chi connectivity index (χ2n) is 5.39. The summed E-state index contributed by atoms with van der Waals surface area (Å²) in [7, 11) is 0. The molecule has 0 unspecified atom stereocenters. The van der Waals surface area contributed by atoms with Crippen molar-refractivity contribution in [3.05, 3.63) is 59.1 Å². The van der Waals surface area contributed by atoms with Crippen molar-refractivity contribution in [1.82, 2.24) is 4.90 Å². The number of nitrogens with zero attached hydrogens (tertiary/aromatic N) is 1. The molecule has 2 rings (SSSR count). The number of amides is 2. The number of rotatable bonds is 6. The number of anilines is 1. The van der Waals surface area contributed by atoms with Crippen LogP contribution in [0.3, 0.4) is 0 Å². The van der Waals surface area contributed by atoms with Gasteiger partial charge in [0.2, 0.25) is 11.8 Å². The molecule has 0 aliphatic heterocycles. The van der Waals surface area contributed by atoms with Gasteiger partial charge in [0.15, 0.2) is 0 Å². The van der Waals surface area contributed by atoms with Gasteiger partial charge in [-0.25, -0.2) is 0 Å². The average Bonchev–Trinajstić information content (AvgIpc) is 2.55. The predicted molar refractivity (Wildman–Crippen MR) is 93.9 cm³/mol. The van der Waals surface area contributed by atoms with Crippen LogP contribution in [0.4, 0.5) is 5.69 Å². The molecule has 0 saturated heterocycles. The molecule has 24 heavy (non-hydrogen) atoms. The molecule has 0 saturated carbocycles. The molecule has 0 radical (unpaired) electrons. The summed E-state index contributed by atoms with van der Waals surface area (Å²) in [6.45, 7) is 2.27. The van der Waals surface area contributed by atoms with Gasteiger partial charge in [0, 0.05) is 32.1 Å². The van der Waals surface area contributed by atoms with Gasteiger partial charge in [-0.05, 0) is 23.8 Å². The number of nitrogens with one attached hydrogen (secondary N) is 1. The molecule has 2 aromatic carbocycles. The maximum atomic E-state index is 12.0. The molecular formula is C18H19ClN2O3. The molecule has 0 atom stereocenters. The van der Waals surface area contributed by atoms with Crippen LogP contribution < -0.4 is 5.32 Å². The van der Waals surface area contributed by atoms with E-state index in [9.17, 15) is 14.7 Å². The SMILES string of the molecule is CC(=O)N(CCC(=O)Nc1ccc(O)c(Cl)c1)Cc1ccccc1. The van der Waals surface area contributed by atoms with Crippen LogP contribution in [0.1, 0.15) is 18.9 Å². The van der Waals surface area contributed by atoms with Gasteiger partial charge >= 0.3 is 0 Å². The molecular weight excluding hydrogens is 328 g/mol. The summed E-state index contributed by atoms with van der Waals surface area (Å²) in [6.07, 6.45) is 0.172. The monoisotopic (exact) mass is 346 g/mol. The van der Waals surface area contributed by atoms with E-state index in [1.54, 1.807) is 11.0 Å². The Morgan fingerprint density at radius 1 is 1.17 bits per heavy atom. The zero-order chi connectivity index (χ0) is 17.5. The molecule has 6 heteroatoms. The normalized spacial score (nSPS) is 10.2. The topological polar surface area (TPSA) is 69.6 Å². The minimum Gasteiger partial charge on any atom is -0.506 e. The number of hydrogen-bond donors (Lipinski definition) is 2. The first-order chi connectivity index (χ1) is 11.5. The van der Waals surface area contributed by atoms with E-state index in [1.807, 2.05) is 30.3 Å². The van der Waals surface area contributed by atoms with E-state index in [0.29, 0.717) is 18.8 Å². The Labute approximate surface area is 145 Å². The Bertz CT molecular complexity index is 719. The van der Waals surface area contributed by atoms with E-state index in [0.717, 1.165) is 5.56 Å². The summed E-state index contributed by atoms with van der Waals surface area (Å²) in [5.41, 5.74) is 1.51. The van der Waals surface area contributed by atoms with Gasteiger partial charge in [0.05, 0.1) is 5.02 Å². The summed E-state index contributed by atoms with van der Waals surface area (Å²) in [4.78, 5) is 25.4. The lowest BCUT2D eigenvalue weighted by Gasteiger charge is -2.21. The van der Waals surface area contributed by atoms with Crippen LogP contribution in [0.5, 0.6) is 5.75 Å². The fourth-order valence-electron chi connectivity index (χ4n) is 2.20. The Balaban J connectivity index is 1.90. The van der Waals surface area contributed by atoms with Gasteiger partial charge in [0.1, 0.15) is 5.75 Å².